The van der Waals surface area contributed by atoms with Crippen LogP contribution in [0.25, 0.3) is 0 Å². The number of nitrogens with two attached hydrogens (primary N) is 1. The van der Waals surface area contributed by atoms with Crippen LogP contribution in [-0.4, -0.2) is 12.5 Å². The summed E-state index contributed by atoms with van der Waals surface area (Å²) in [6.07, 6.45) is 0. The summed E-state index contributed by atoms with van der Waals surface area (Å²) in [6, 6.07) is 11.1. The second kappa shape index (κ2) is 6.93. The van der Waals surface area contributed by atoms with E-state index in [2.05, 4.69) is 5.43 Å². The zero-order chi connectivity index (χ0) is 14.4. The second-order valence-corrected chi connectivity index (χ2v) is 5.08. The van der Waals surface area contributed by atoms with Gasteiger partial charge in [0.1, 0.15) is 6.61 Å². The molecule has 0 saturated carbocycles. The molecule has 0 aliphatic rings. The number of nitrogens with one attached hydrogen (secondary N) is 1. The molecule has 0 radical (unpaired) electrons. The van der Waals surface area contributed by atoms with E-state index in [-0.39, 0.29) is 5.91 Å². The number of benzene rings is 1. The molecule has 1 amide bonds. The number of para-hydroxylation sites is 2. The topological polar surface area (TPSA) is 73.6 Å². The molecule has 1 aromatic carbocycles. The third-order valence-corrected chi connectivity index (χ3v) is 3.59. The van der Waals surface area contributed by atoms with Crippen LogP contribution in [0.2, 0.25) is 0 Å². The number of ether oxygens (including phenoxy) is 2. The average Bonchev–Trinajstić information content (AvgIpc) is 2.95. The molecule has 3 N–H and O–H groups in total. The van der Waals surface area contributed by atoms with Crippen molar-refractivity contribution in [2.24, 2.45) is 5.84 Å². The van der Waals surface area contributed by atoms with Crippen molar-refractivity contribution in [1.82, 2.24) is 5.43 Å². The van der Waals surface area contributed by atoms with Crippen LogP contribution < -0.4 is 20.7 Å². The number of hydrazine groups is 1. The first-order valence-electron chi connectivity index (χ1n) is 6.19. The fraction of sp³-hybridized carbons (Fsp3) is 0.214. The molecule has 0 unspecified atom stereocenters. The first-order valence-corrected chi connectivity index (χ1v) is 7.00. The Morgan fingerprint density at radius 1 is 1.20 bits per heavy atom. The van der Waals surface area contributed by atoms with E-state index in [0.717, 1.165) is 4.88 Å². The van der Waals surface area contributed by atoms with E-state index in [4.69, 9.17) is 15.3 Å². The first-order chi connectivity index (χ1) is 9.74. The van der Waals surface area contributed by atoms with Gasteiger partial charge in [-0.15, -0.1) is 11.3 Å². The van der Waals surface area contributed by atoms with Gasteiger partial charge in [-0.2, -0.15) is 0 Å². The summed E-state index contributed by atoms with van der Waals surface area (Å²) in [6.45, 7) is 2.89. The normalized spacial score (nSPS) is 10.1. The highest BCUT2D eigenvalue weighted by molar-refractivity contribution is 7.14. The number of amides is 1. The van der Waals surface area contributed by atoms with Crippen molar-refractivity contribution in [2.75, 3.05) is 6.61 Å². The van der Waals surface area contributed by atoms with E-state index in [9.17, 15) is 4.79 Å². The van der Waals surface area contributed by atoms with Crippen molar-refractivity contribution in [1.29, 1.82) is 0 Å². The quantitative estimate of drug-likeness (QED) is 0.487. The third-order valence-electron chi connectivity index (χ3n) is 2.54. The van der Waals surface area contributed by atoms with Gasteiger partial charge in [-0.1, -0.05) is 12.1 Å². The Morgan fingerprint density at radius 2 is 1.90 bits per heavy atom. The summed E-state index contributed by atoms with van der Waals surface area (Å²) < 4.78 is 11.2. The molecule has 5 nitrogen and oxygen atoms in total. The third kappa shape index (κ3) is 3.49. The molecule has 0 aliphatic carbocycles. The van der Waals surface area contributed by atoms with E-state index in [1.54, 1.807) is 6.07 Å². The maximum absolute atomic E-state index is 11.4. The summed E-state index contributed by atoms with van der Waals surface area (Å²) >= 11 is 1.35. The molecule has 0 spiro atoms. The summed E-state index contributed by atoms with van der Waals surface area (Å²) in [5, 5.41) is 0. The van der Waals surface area contributed by atoms with Crippen LogP contribution in [0.15, 0.2) is 36.4 Å². The van der Waals surface area contributed by atoms with Crippen molar-refractivity contribution in [3.05, 3.63) is 46.2 Å². The van der Waals surface area contributed by atoms with Gasteiger partial charge in [0.05, 0.1) is 11.5 Å². The Bertz CT molecular complexity index is 583. The number of carbonyl (C=O) groups is 1. The maximum Gasteiger partial charge on any atom is 0.275 e. The Kier molecular flexibility index (Phi) is 4.97. The van der Waals surface area contributed by atoms with Gasteiger partial charge in [0.25, 0.3) is 5.91 Å². The number of thiophene rings is 1. The molecular formula is C14H16N2O3S. The summed E-state index contributed by atoms with van der Waals surface area (Å²) in [7, 11) is 0. The number of rotatable bonds is 6. The predicted molar refractivity (Wildman–Crippen MR) is 77.9 cm³/mol. The van der Waals surface area contributed by atoms with Crippen LogP contribution in [0, 0.1) is 0 Å². The molecule has 6 heteroatoms. The van der Waals surface area contributed by atoms with Crippen LogP contribution in [0.4, 0.5) is 0 Å². The van der Waals surface area contributed by atoms with Crippen molar-refractivity contribution in [3.63, 3.8) is 0 Å². The standard InChI is InChI=1S/C14H16N2O3S/c1-2-18-11-5-3-4-6-12(11)19-9-10-7-8-13(20-10)14(17)16-15/h3-8H,2,9,15H2,1H3,(H,16,17). The number of hydrogen-bond acceptors (Lipinski definition) is 5. The van der Waals surface area contributed by atoms with E-state index in [1.807, 2.05) is 37.3 Å². The van der Waals surface area contributed by atoms with Crippen molar-refractivity contribution < 1.29 is 14.3 Å². The van der Waals surface area contributed by atoms with Gasteiger partial charge in [0, 0.05) is 4.88 Å². The lowest BCUT2D eigenvalue weighted by Crippen LogP contribution is -2.29. The van der Waals surface area contributed by atoms with Gasteiger partial charge >= 0.3 is 0 Å². The largest absolute Gasteiger partial charge is 0.490 e. The van der Waals surface area contributed by atoms with Gasteiger partial charge in [-0.05, 0) is 31.2 Å². The minimum absolute atomic E-state index is 0.295. The van der Waals surface area contributed by atoms with Crippen LogP contribution in [0.3, 0.4) is 0 Å². The summed E-state index contributed by atoms with van der Waals surface area (Å²) in [5.74, 6) is 6.20. The van der Waals surface area contributed by atoms with E-state index in [1.165, 1.54) is 11.3 Å². The lowest BCUT2D eigenvalue weighted by molar-refractivity contribution is 0.0957. The smallest absolute Gasteiger partial charge is 0.275 e. The molecule has 0 saturated heterocycles. The lowest BCUT2D eigenvalue weighted by atomic mass is 10.3. The molecule has 2 aromatic rings. The number of carbonyl (C=O) groups excluding carboxylic acids is 1. The monoisotopic (exact) mass is 292 g/mol. The molecular weight excluding hydrogens is 276 g/mol. The fourth-order valence-corrected chi connectivity index (χ4v) is 2.47. The van der Waals surface area contributed by atoms with Gasteiger partial charge in [-0.3, -0.25) is 10.2 Å². The zero-order valence-electron chi connectivity index (χ0n) is 11.1. The van der Waals surface area contributed by atoms with E-state index >= 15 is 0 Å². The molecule has 2 rings (SSSR count). The molecule has 0 aliphatic heterocycles. The predicted octanol–water partition coefficient (Wildman–Crippen LogP) is 2.33. The molecule has 0 atom stereocenters. The highest BCUT2D eigenvalue weighted by Gasteiger charge is 2.09. The van der Waals surface area contributed by atoms with E-state index < -0.39 is 0 Å². The van der Waals surface area contributed by atoms with Gasteiger partial charge in [-0.25, -0.2) is 5.84 Å². The zero-order valence-corrected chi connectivity index (χ0v) is 11.9. The number of hydrogen-bond donors (Lipinski definition) is 2. The molecule has 1 heterocycles. The van der Waals surface area contributed by atoms with Crippen LogP contribution in [0.5, 0.6) is 11.5 Å². The van der Waals surface area contributed by atoms with Crippen molar-refractivity contribution in [2.45, 2.75) is 13.5 Å². The Morgan fingerprint density at radius 3 is 2.55 bits per heavy atom. The van der Waals surface area contributed by atoms with Crippen molar-refractivity contribution >= 4 is 17.2 Å². The first kappa shape index (κ1) is 14.4. The van der Waals surface area contributed by atoms with Gasteiger partial charge in [0.2, 0.25) is 0 Å². The highest BCUT2D eigenvalue weighted by atomic mass is 32.1. The highest BCUT2D eigenvalue weighted by Crippen LogP contribution is 2.28. The molecule has 106 valence electrons. The maximum atomic E-state index is 11.4. The van der Waals surface area contributed by atoms with Crippen LogP contribution in [-0.2, 0) is 6.61 Å². The Labute approximate surface area is 121 Å². The Hall–Kier alpha value is -2.05. The van der Waals surface area contributed by atoms with Gasteiger partial charge in [0.15, 0.2) is 11.5 Å². The summed E-state index contributed by atoms with van der Waals surface area (Å²) in [5.41, 5.74) is 2.10. The van der Waals surface area contributed by atoms with Crippen molar-refractivity contribution in [3.8, 4) is 11.5 Å². The van der Waals surface area contributed by atoms with Crippen LogP contribution >= 0.6 is 11.3 Å². The minimum atomic E-state index is -0.295. The van der Waals surface area contributed by atoms with Gasteiger partial charge < -0.3 is 9.47 Å². The SMILES string of the molecule is CCOc1ccccc1OCc1ccc(C(=O)NN)s1. The Balaban J connectivity index is 2.02. The summed E-state index contributed by atoms with van der Waals surface area (Å²) in [4.78, 5) is 12.9. The lowest BCUT2D eigenvalue weighted by Gasteiger charge is -2.10. The van der Waals surface area contributed by atoms with Crippen LogP contribution in [0.1, 0.15) is 21.5 Å². The molecule has 0 bridgehead atoms. The minimum Gasteiger partial charge on any atom is -0.490 e. The average molecular weight is 292 g/mol. The molecule has 0 fully saturated rings. The van der Waals surface area contributed by atoms with E-state index in [0.29, 0.717) is 29.6 Å². The molecule has 20 heavy (non-hydrogen) atoms. The molecule has 1 aromatic heterocycles. The number of nitrogen functional groups attached to an aromatic ring is 1. The fourth-order valence-electron chi connectivity index (χ4n) is 1.64. The second-order valence-electron chi connectivity index (χ2n) is 3.91.